The number of aromatic nitrogens is 1. The first-order valence-electron chi connectivity index (χ1n) is 7.51. The van der Waals surface area contributed by atoms with E-state index in [1.165, 1.54) is 23.6 Å². The first-order chi connectivity index (χ1) is 10.5. The van der Waals surface area contributed by atoms with Crippen molar-refractivity contribution < 1.29 is 9.59 Å². The highest BCUT2D eigenvalue weighted by Gasteiger charge is 2.10. The van der Waals surface area contributed by atoms with Crippen molar-refractivity contribution in [1.82, 2.24) is 10.3 Å². The van der Waals surface area contributed by atoms with Crippen LogP contribution in [0.3, 0.4) is 0 Å². The molecule has 1 amide bonds. The maximum Gasteiger partial charge on any atom is 0.267 e. The Balaban J connectivity index is 1.80. The van der Waals surface area contributed by atoms with Crippen LogP contribution < -0.4 is 5.32 Å². The Kier molecular flexibility index (Phi) is 5.15. The van der Waals surface area contributed by atoms with Crippen LogP contribution in [0.15, 0.2) is 30.5 Å². The number of rotatable bonds is 6. The number of Topliss-reactive ketones (excluding diaryl/α,β-unsaturated/α-hetero) is 1. The number of hydrogen-bond acceptors (Lipinski definition) is 2. The van der Waals surface area contributed by atoms with E-state index >= 15 is 0 Å². The van der Waals surface area contributed by atoms with E-state index in [1.807, 2.05) is 0 Å². The molecule has 4 heteroatoms. The molecule has 0 unspecified atom stereocenters. The summed E-state index contributed by atoms with van der Waals surface area (Å²) >= 11 is 0. The molecule has 2 aromatic rings. The minimum Gasteiger partial charge on any atom is -0.356 e. The summed E-state index contributed by atoms with van der Waals surface area (Å²) in [5.41, 5.74) is 4.83. The fraction of sp³-hybridized carbons (Fsp3) is 0.333. The molecule has 0 radical (unpaired) electrons. The summed E-state index contributed by atoms with van der Waals surface area (Å²) < 4.78 is 0. The van der Waals surface area contributed by atoms with Crippen molar-refractivity contribution in [3.05, 3.63) is 58.4 Å². The molecule has 0 aliphatic carbocycles. The van der Waals surface area contributed by atoms with E-state index in [0.717, 1.165) is 12.8 Å². The lowest BCUT2D eigenvalue weighted by Crippen LogP contribution is -2.25. The third-order valence-electron chi connectivity index (χ3n) is 3.74. The topological polar surface area (TPSA) is 62.0 Å². The van der Waals surface area contributed by atoms with Gasteiger partial charge >= 0.3 is 0 Å². The minimum absolute atomic E-state index is 0.0508. The average molecular weight is 298 g/mol. The fourth-order valence-electron chi connectivity index (χ4n) is 2.43. The average Bonchev–Trinajstić information content (AvgIpc) is 2.95. The van der Waals surface area contributed by atoms with Gasteiger partial charge in [-0.15, -0.1) is 0 Å². The molecule has 0 fully saturated rings. The van der Waals surface area contributed by atoms with Gasteiger partial charge in [-0.05, 0) is 50.8 Å². The molecule has 0 atom stereocenters. The van der Waals surface area contributed by atoms with Crippen molar-refractivity contribution in [3.63, 3.8) is 0 Å². The Morgan fingerprint density at radius 1 is 1.18 bits per heavy atom. The van der Waals surface area contributed by atoms with Crippen molar-refractivity contribution in [2.24, 2.45) is 0 Å². The van der Waals surface area contributed by atoms with Crippen molar-refractivity contribution >= 4 is 11.7 Å². The van der Waals surface area contributed by atoms with Crippen LogP contribution in [0.5, 0.6) is 0 Å². The van der Waals surface area contributed by atoms with Gasteiger partial charge in [-0.3, -0.25) is 9.59 Å². The van der Waals surface area contributed by atoms with Gasteiger partial charge < -0.3 is 10.3 Å². The van der Waals surface area contributed by atoms with Crippen molar-refractivity contribution in [1.29, 1.82) is 0 Å². The van der Waals surface area contributed by atoms with Gasteiger partial charge in [0.05, 0.1) is 0 Å². The van der Waals surface area contributed by atoms with Crippen LogP contribution in [0.25, 0.3) is 0 Å². The highest BCUT2D eigenvalue weighted by molar-refractivity contribution is 5.99. The van der Waals surface area contributed by atoms with Gasteiger partial charge in [0.1, 0.15) is 5.69 Å². The van der Waals surface area contributed by atoms with E-state index in [-0.39, 0.29) is 11.7 Å². The van der Waals surface area contributed by atoms with E-state index in [1.54, 1.807) is 12.3 Å². The molecule has 0 bridgehead atoms. The van der Waals surface area contributed by atoms with Crippen LogP contribution in [0.1, 0.15) is 50.9 Å². The molecule has 1 heterocycles. The Morgan fingerprint density at radius 2 is 1.95 bits per heavy atom. The summed E-state index contributed by atoms with van der Waals surface area (Å²) in [6, 6.07) is 8.03. The van der Waals surface area contributed by atoms with Gasteiger partial charge in [0.15, 0.2) is 5.78 Å². The van der Waals surface area contributed by atoms with Crippen LogP contribution in [0, 0.1) is 13.8 Å². The molecule has 0 saturated carbocycles. The quantitative estimate of drug-likeness (QED) is 0.635. The number of nitrogens with one attached hydrogen (secondary N) is 2. The molecule has 0 saturated heterocycles. The lowest BCUT2D eigenvalue weighted by molar-refractivity contribution is 0.0948. The molecule has 0 aliphatic heterocycles. The first kappa shape index (κ1) is 16.0. The van der Waals surface area contributed by atoms with E-state index in [2.05, 4.69) is 42.3 Å². The smallest absolute Gasteiger partial charge is 0.267 e. The summed E-state index contributed by atoms with van der Waals surface area (Å²) in [5, 5.41) is 2.87. The number of aromatic amines is 1. The number of benzene rings is 1. The molecular weight excluding hydrogens is 276 g/mol. The largest absolute Gasteiger partial charge is 0.356 e. The number of amides is 1. The zero-order valence-electron chi connectivity index (χ0n) is 13.3. The van der Waals surface area contributed by atoms with E-state index in [0.29, 0.717) is 17.8 Å². The van der Waals surface area contributed by atoms with Crippen molar-refractivity contribution in [2.45, 2.75) is 33.6 Å². The van der Waals surface area contributed by atoms with Crippen LogP contribution in [-0.2, 0) is 6.42 Å². The Morgan fingerprint density at radius 3 is 2.59 bits per heavy atom. The fourth-order valence-corrected chi connectivity index (χ4v) is 2.43. The predicted octanol–water partition coefficient (Wildman–Crippen LogP) is 3.20. The Hall–Kier alpha value is -2.36. The summed E-state index contributed by atoms with van der Waals surface area (Å²) in [6.45, 7) is 6.29. The second kappa shape index (κ2) is 7.07. The van der Waals surface area contributed by atoms with E-state index in [9.17, 15) is 9.59 Å². The Labute approximate surface area is 130 Å². The van der Waals surface area contributed by atoms with Crippen LogP contribution in [0.2, 0.25) is 0 Å². The second-order valence-corrected chi connectivity index (χ2v) is 5.65. The third kappa shape index (κ3) is 4.07. The molecule has 4 nitrogen and oxygen atoms in total. The maximum atomic E-state index is 11.9. The number of carbonyl (C=O) groups is 2. The highest BCUT2D eigenvalue weighted by atomic mass is 16.2. The second-order valence-electron chi connectivity index (χ2n) is 5.65. The lowest BCUT2D eigenvalue weighted by atomic mass is 10.0. The zero-order chi connectivity index (χ0) is 16.1. The van der Waals surface area contributed by atoms with Gasteiger partial charge in [0.2, 0.25) is 0 Å². The van der Waals surface area contributed by atoms with Gasteiger partial charge in [-0.1, -0.05) is 23.8 Å². The summed E-state index contributed by atoms with van der Waals surface area (Å²) in [7, 11) is 0. The molecule has 2 rings (SSSR count). The molecule has 0 spiro atoms. The summed E-state index contributed by atoms with van der Waals surface area (Å²) in [5.74, 6) is -0.224. The normalized spacial score (nSPS) is 10.5. The number of carbonyl (C=O) groups excluding carboxylic acids is 2. The predicted molar refractivity (Wildman–Crippen MR) is 87.4 cm³/mol. The lowest BCUT2D eigenvalue weighted by Gasteiger charge is -2.07. The highest BCUT2D eigenvalue weighted by Crippen LogP contribution is 2.12. The van der Waals surface area contributed by atoms with Gasteiger partial charge in [0.25, 0.3) is 5.91 Å². The van der Waals surface area contributed by atoms with Crippen LogP contribution in [0.4, 0.5) is 0 Å². The van der Waals surface area contributed by atoms with Gasteiger partial charge in [-0.25, -0.2) is 0 Å². The summed E-state index contributed by atoms with van der Waals surface area (Å²) in [6.07, 6.45) is 3.39. The molecular formula is C18H22N2O2. The van der Waals surface area contributed by atoms with Crippen LogP contribution in [-0.4, -0.2) is 23.2 Å². The minimum atomic E-state index is -0.173. The first-order valence-corrected chi connectivity index (χ1v) is 7.51. The zero-order valence-corrected chi connectivity index (χ0v) is 13.3. The van der Waals surface area contributed by atoms with Gasteiger partial charge in [-0.2, -0.15) is 0 Å². The standard InChI is InChI=1S/C18H22N2O2/c1-12-6-7-15(13(2)9-12)5-4-8-19-18(22)17-10-16(11-20-17)14(3)21/h6-7,9-11,20H,4-5,8H2,1-3H3,(H,19,22). The van der Waals surface area contributed by atoms with Gasteiger partial charge in [0, 0.05) is 18.3 Å². The monoisotopic (exact) mass is 298 g/mol. The Bertz CT molecular complexity index is 686. The number of H-pyrrole nitrogens is 1. The van der Waals surface area contributed by atoms with Crippen molar-refractivity contribution in [2.75, 3.05) is 6.54 Å². The van der Waals surface area contributed by atoms with E-state index in [4.69, 9.17) is 0 Å². The number of ketones is 1. The maximum absolute atomic E-state index is 11.9. The van der Waals surface area contributed by atoms with Crippen molar-refractivity contribution in [3.8, 4) is 0 Å². The molecule has 22 heavy (non-hydrogen) atoms. The SMILES string of the molecule is CC(=O)c1c[nH]c(C(=O)NCCCc2ccc(C)cc2C)c1. The molecule has 1 aromatic carbocycles. The third-order valence-corrected chi connectivity index (χ3v) is 3.74. The number of aryl methyl sites for hydroxylation is 3. The molecule has 1 aromatic heterocycles. The number of hydrogen-bond donors (Lipinski definition) is 2. The molecule has 0 aliphatic rings. The molecule has 2 N–H and O–H groups in total. The summed E-state index contributed by atoms with van der Waals surface area (Å²) in [4.78, 5) is 26.0. The molecule has 116 valence electrons. The van der Waals surface area contributed by atoms with Crippen LogP contribution >= 0.6 is 0 Å². The van der Waals surface area contributed by atoms with E-state index < -0.39 is 0 Å².